The van der Waals surface area contributed by atoms with Crippen LogP contribution in [-0.2, 0) is 29.4 Å². The largest absolute Gasteiger partial charge is 0.370 e. The van der Waals surface area contributed by atoms with E-state index in [1.54, 1.807) is 28.9 Å². The Kier molecular flexibility index (Phi) is 12.2. The smallest absolute Gasteiger partial charge is 0.275 e. The van der Waals surface area contributed by atoms with Crippen LogP contribution < -0.4 is 9.62 Å². The standard InChI is InChI=1S/C40H46BrClN6O5S/c1-5-8-18-46(19-9-6-2)40(51)36-35(42)26(4)48(43-36)34-15-14-29(23-32(34)39(50)47-21-16-27-12-10-11-13-30(27)25-47)38(49)44-54(52,53)31-22-28-17-20-45(7-3)37(28)33(41)24-31/h10-15,22-24H,5-9,16-21,25H2,1-4H3,(H,44,49). The summed E-state index contributed by atoms with van der Waals surface area (Å²) in [6.07, 6.45) is 4.86. The molecule has 14 heteroatoms. The number of unbranched alkanes of at least 4 members (excludes halogenated alkanes) is 2. The van der Waals surface area contributed by atoms with Gasteiger partial charge in [0, 0.05) is 49.3 Å². The monoisotopic (exact) mass is 836 g/mol. The molecule has 3 amide bonds. The number of aromatic nitrogens is 2. The van der Waals surface area contributed by atoms with Gasteiger partial charge in [-0.15, -0.1) is 0 Å². The average molecular weight is 838 g/mol. The van der Waals surface area contributed by atoms with Gasteiger partial charge in [0.25, 0.3) is 27.7 Å². The van der Waals surface area contributed by atoms with E-state index in [-0.39, 0.29) is 38.6 Å². The maximum Gasteiger partial charge on any atom is 0.275 e. The van der Waals surface area contributed by atoms with Gasteiger partial charge >= 0.3 is 0 Å². The Morgan fingerprint density at radius 1 is 0.926 bits per heavy atom. The van der Waals surface area contributed by atoms with Gasteiger partial charge in [-0.2, -0.15) is 5.10 Å². The minimum Gasteiger partial charge on any atom is -0.370 e. The summed E-state index contributed by atoms with van der Waals surface area (Å²) in [7, 11) is -4.29. The highest BCUT2D eigenvalue weighted by Gasteiger charge is 2.31. The average Bonchev–Trinajstić information content (AvgIpc) is 3.73. The molecule has 286 valence electrons. The van der Waals surface area contributed by atoms with E-state index in [9.17, 15) is 22.8 Å². The molecule has 0 saturated heterocycles. The maximum atomic E-state index is 14.5. The third-order valence-corrected chi connectivity index (χ3v) is 12.6. The first-order chi connectivity index (χ1) is 25.9. The number of carbonyl (C=O) groups is 3. The summed E-state index contributed by atoms with van der Waals surface area (Å²) in [6, 6.07) is 15.4. The van der Waals surface area contributed by atoms with E-state index in [4.69, 9.17) is 11.6 Å². The number of anilines is 1. The third kappa shape index (κ3) is 7.94. The van der Waals surface area contributed by atoms with Crippen LogP contribution in [0, 0.1) is 6.92 Å². The van der Waals surface area contributed by atoms with Crippen molar-refractivity contribution in [3.8, 4) is 5.69 Å². The van der Waals surface area contributed by atoms with Gasteiger partial charge in [0.1, 0.15) is 0 Å². The first-order valence-corrected chi connectivity index (χ1v) is 21.2. The van der Waals surface area contributed by atoms with Crippen molar-refractivity contribution in [1.82, 2.24) is 24.3 Å². The molecule has 1 N–H and O–H groups in total. The second-order valence-electron chi connectivity index (χ2n) is 13.8. The summed E-state index contributed by atoms with van der Waals surface area (Å²) >= 11 is 10.4. The molecule has 0 aliphatic carbocycles. The summed E-state index contributed by atoms with van der Waals surface area (Å²) in [5.74, 6) is -1.54. The number of halogens is 2. The summed E-state index contributed by atoms with van der Waals surface area (Å²) in [5.41, 5.74) is 4.95. The molecule has 0 fully saturated rings. The molecule has 6 rings (SSSR count). The van der Waals surface area contributed by atoms with E-state index in [0.717, 1.165) is 61.2 Å². The normalized spacial score (nSPS) is 13.8. The summed E-state index contributed by atoms with van der Waals surface area (Å²) < 4.78 is 31.6. The van der Waals surface area contributed by atoms with Crippen molar-refractivity contribution >= 4 is 61.0 Å². The number of nitrogens with one attached hydrogen (secondary N) is 1. The Hall–Kier alpha value is -4.20. The molecule has 0 spiro atoms. The first-order valence-electron chi connectivity index (χ1n) is 18.6. The van der Waals surface area contributed by atoms with Crippen molar-refractivity contribution in [3.05, 3.63) is 103 Å². The number of hydrogen-bond acceptors (Lipinski definition) is 7. The van der Waals surface area contributed by atoms with E-state index in [1.165, 1.54) is 22.9 Å². The molecular weight excluding hydrogens is 792 g/mol. The number of likely N-dealkylation sites (N-methyl/N-ethyl adjacent to an activating group) is 1. The lowest BCUT2D eigenvalue weighted by molar-refractivity contribution is 0.0732. The van der Waals surface area contributed by atoms with Crippen molar-refractivity contribution < 1.29 is 22.8 Å². The number of nitrogens with zero attached hydrogens (tertiary/aromatic N) is 5. The molecule has 0 bridgehead atoms. The van der Waals surface area contributed by atoms with Crippen LogP contribution in [0.4, 0.5) is 5.69 Å². The zero-order chi connectivity index (χ0) is 38.7. The molecule has 3 heterocycles. The number of amides is 3. The Bertz CT molecular complexity index is 2200. The molecule has 11 nitrogen and oxygen atoms in total. The lowest BCUT2D eigenvalue weighted by atomic mass is 9.98. The van der Waals surface area contributed by atoms with Crippen LogP contribution in [0.3, 0.4) is 0 Å². The van der Waals surface area contributed by atoms with Crippen molar-refractivity contribution in [2.75, 3.05) is 37.6 Å². The zero-order valence-corrected chi connectivity index (χ0v) is 34.3. The summed E-state index contributed by atoms with van der Waals surface area (Å²) in [5, 5.41) is 4.86. The minimum absolute atomic E-state index is 0.0296. The highest BCUT2D eigenvalue weighted by molar-refractivity contribution is 9.10. The van der Waals surface area contributed by atoms with Gasteiger partial charge in [0.2, 0.25) is 0 Å². The van der Waals surface area contributed by atoms with Gasteiger partial charge in [-0.3, -0.25) is 14.4 Å². The predicted octanol–water partition coefficient (Wildman–Crippen LogP) is 7.34. The van der Waals surface area contributed by atoms with E-state index in [1.807, 2.05) is 31.2 Å². The van der Waals surface area contributed by atoms with E-state index in [2.05, 4.69) is 44.5 Å². The molecule has 0 radical (unpaired) electrons. The van der Waals surface area contributed by atoms with Gasteiger partial charge in [-0.25, -0.2) is 17.8 Å². The molecule has 0 atom stereocenters. The fourth-order valence-electron chi connectivity index (χ4n) is 7.14. The molecule has 1 aromatic heterocycles. The van der Waals surface area contributed by atoms with Crippen LogP contribution in [-0.4, -0.2) is 78.4 Å². The van der Waals surface area contributed by atoms with Gasteiger partial charge in [-0.05, 0) is 102 Å². The van der Waals surface area contributed by atoms with Crippen LogP contribution in [0.5, 0.6) is 0 Å². The van der Waals surface area contributed by atoms with Crippen LogP contribution in [0.15, 0.2) is 64.0 Å². The van der Waals surface area contributed by atoms with Crippen LogP contribution in [0.1, 0.15) is 100 Å². The van der Waals surface area contributed by atoms with Gasteiger partial charge in [-0.1, -0.05) is 62.6 Å². The predicted molar refractivity (Wildman–Crippen MR) is 214 cm³/mol. The Balaban J connectivity index is 1.37. The van der Waals surface area contributed by atoms with E-state index >= 15 is 0 Å². The number of carbonyl (C=O) groups excluding carboxylic acids is 3. The molecule has 2 aliphatic heterocycles. The Labute approximate surface area is 330 Å². The lowest BCUT2D eigenvalue weighted by Gasteiger charge is -2.29. The highest BCUT2D eigenvalue weighted by atomic mass is 79.9. The molecule has 3 aromatic carbocycles. The molecule has 54 heavy (non-hydrogen) atoms. The second-order valence-corrected chi connectivity index (χ2v) is 16.7. The van der Waals surface area contributed by atoms with Gasteiger partial charge < -0.3 is 14.7 Å². The first kappa shape index (κ1) is 39.5. The number of sulfonamides is 1. The third-order valence-electron chi connectivity index (χ3n) is 10.2. The van der Waals surface area contributed by atoms with E-state index in [0.29, 0.717) is 54.9 Å². The molecule has 2 aliphatic rings. The quantitative estimate of drug-likeness (QED) is 0.150. The number of fused-ring (bicyclic) bond motifs is 2. The molecule has 0 saturated carbocycles. The zero-order valence-electron chi connectivity index (χ0n) is 31.1. The summed E-state index contributed by atoms with van der Waals surface area (Å²) in [4.78, 5) is 47.7. The highest BCUT2D eigenvalue weighted by Crippen LogP contribution is 2.37. The van der Waals surface area contributed by atoms with Crippen molar-refractivity contribution in [1.29, 1.82) is 0 Å². The maximum absolute atomic E-state index is 14.5. The topological polar surface area (TPSA) is 125 Å². The van der Waals surface area contributed by atoms with Crippen LogP contribution >= 0.6 is 27.5 Å². The second kappa shape index (κ2) is 16.7. The number of hydrogen-bond donors (Lipinski definition) is 1. The van der Waals surface area contributed by atoms with Gasteiger partial charge in [0.15, 0.2) is 5.69 Å². The Morgan fingerprint density at radius 2 is 1.61 bits per heavy atom. The van der Waals surface area contributed by atoms with Crippen molar-refractivity contribution in [3.63, 3.8) is 0 Å². The lowest BCUT2D eigenvalue weighted by Crippen LogP contribution is -2.37. The minimum atomic E-state index is -4.29. The Morgan fingerprint density at radius 3 is 2.30 bits per heavy atom. The molecule has 0 unspecified atom stereocenters. The van der Waals surface area contributed by atoms with Crippen molar-refractivity contribution in [2.24, 2.45) is 0 Å². The fraction of sp³-hybridized carbons (Fsp3) is 0.400. The van der Waals surface area contributed by atoms with E-state index < -0.39 is 15.9 Å². The fourth-order valence-corrected chi connectivity index (χ4v) is 9.29. The van der Waals surface area contributed by atoms with Crippen LogP contribution in [0.25, 0.3) is 5.69 Å². The van der Waals surface area contributed by atoms with Crippen molar-refractivity contribution in [2.45, 2.75) is 77.7 Å². The summed E-state index contributed by atoms with van der Waals surface area (Å²) in [6.45, 7) is 11.4. The molecular formula is C40H46BrClN6O5S. The van der Waals surface area contributed by atoms with Gasteiger partial charge in [0.05, 0.1) is 32.6 Å². The number of benzene rings is 3. The number of rotatable bonds is 13. The SMILES string of the molecule is CCCCN(CCCC)C(=O)c1nn(-c2ccc(C(=O)NS(=O)(=O)c3cc(Br)c4c(c3)CCN4CC)cc2C(=O)N2CCc3ccccc3C2)c(C)c1Cl. The molecule has 4 aromatic rings. The van der Waals surface area contributed by atoms with Crippen LogP contribution in [0.2, 0.25) is 5.02 Å².